The molecule has 1 aliphatic rings. The van der Waals surface area contributed by atoms with Crippen molar-refractivity contribution < 1.29 is 8.49 Å². The van der Waals surface area contributed by atoms with E-state index in [1.54, 1.807) is 0 Å². The summed E-state index contributed by atoms with van der Waals surface area (Å²) < 4.78 is 17.6. The first kappa shape index (κ1) is 8.52. The second-order valence-corrected chi connectivity index (χ2v) is 3.70. The van der Waals surface area contributed by atoms with E-state index in [4.69, 9.17) is 0 Å². The zero-order chi connectivity index (χ0) is 8.27. The Labute approximate surface area is 68.8 Å². The van der Waals surface area contributed by atoms with E-state index in [9.17, 15) is 4.21 Å². The van der Waals surface area contributed by atoms with Gasteiger partial charge in [-0.15, -0.1) is 0 Å². The van der Waals surface area contributed by atoms with Gasteiger partial charge in [-0.1, -0.05) is 19.0 Å². The minimum Gasteiger partial charge on any atom is -0.269 e. The Bertz CT molecular complexity index is 191. The number of hydrogen-bond donors (Lipinski definition) is 1. The van der Waals surface area contributed by atoms with Gasteiger partial charge in [0.1, 0.15) is 0 Å². The summed E-state index contributed by atoms with van der Waals surface area (Å²) in [6, 6.07) is 0. The van der Waals surface area contributed by atoms with Crippen LogP contribution in [-0.4, -0.2) is 10.0 Å². The van der Waals surface area contributed by atoms with E-state index in [2.05, 4.69) is 28.0 Å². The Hall–Kier alpha value is -0.580. The molecular weight excluding hydrogens is 164 g/mol. The molecule has 64 valence electrons. The van der Waals surface area contributed by atoms with Gasteiger partial charge in [0.15, 0.2) is 5.84 Å². The molecule has 0 aromatic carbocycles. The van der Waals surface area contributed by atoms with Crippen LogP contribution >= 0.6 is 0 Å². The molecule has 0 bridgehead atoms. The van der Waals surface area contributed by atoms with Crippen LogP contribution in [-0.2, 0) is 15.6 Å². The lowest BCUT2D eigenvalue weighted by molar-refractivity contribution is 0.384. The summed E-state index contributed by atoms with van der Waals surface area (Å²) >= 11 is -1.42. The van der Waals surface area contributed by atoms with E-state index in [-0.39, 0.29) is 0 Å². The van der Waals surface area contributed by atoms with Crippen molar-refractivity contribution in [3.05, 3.63) is 0 Å². The molecule has 11 heavy (non-hydrogen) atoms. The maximum Gasteiger partial charge on any atom is 0.338 e. The first-order valence-corrected chi connectivity index (χ1v) is 4.69. The lowest BCUT2D eigenvalue weighted by Gasteiger charge is -2.01. The minimum absolute atomic E-state index is 0.633. The minimum atomic E-state index is -1.42. The lowest BCUT2D eigenvalue weighted by Crippen LogP contribution is -2.19. The molecule has 4 nitrogen and oxygen atoms in total. The van der Waals surface area contributed by atoms with E-state index in [0.717, 1.165) is 12.8 Å². The van der Waals surface area contributed by atoms with Gasteiger partial charge < -0.3 is 0 Å². The Morgan fingerprint density at radius 2 is 2.45 bits per heavy atom. The van der Waals surface area contributed by atoms with Gasteiger partial charge in [0.2, 0.25) is 0 Å². The molecule has 5 heteroatoms. The smallest absolute Gasteiger partial charge is 0.269 e. The molecule has 1 atom stereocenters. The molecule has 0 saturated carbocycles. The Morgan fingerprint density at radius 3 is 2.91 bits per heavy atom. The van der Waals surface area contributed by atoms with Crippen molar-refractivity contribution in [1.29, 1.82) is 0 Å². The number of hydrogen-bond acceptors (Lipinski definition) is 3. The number of amidine groups is 1. The van der Waals surface area contributed by atoms with Crippen LogP contribution < -0.4 is 4.72 Å². The highest BCUT2D eigenvalue weighted by Crippen LogP contribution is 2.06. The normalized spacial score (nSPS) is 22.8. The number of nitrogens with one attached hydrogen (secondary N) is 1. The van der Waals surface area contributed by atoms with Crippen molar-refractivity contribution >= 4 is 17.1 Å². The predicted molar refractivity (Wildman–Crippen MR) is 43.9 cm³/mol. The van der Waals surface area contributed by atoms with Crippen molar-refractivity contribution in [2.75, 3.05) is 0 Å². The SMILES string of the molecule is CC(C)CCC1=NOS(=O)N1. The van der Waals surface area contributed by atoms with Crippen LogP contribution in [0.1, 0.15) is 26.7 Å². The van der Waals surface area contributed by atoms with Crippen LogP contribution in [0.4, 0.5) is 0 Å². The van der Waals surface area contributed by atoms with Gasteiger partial charge in [0.05, 0.1) is 0 Å². The molecule has 0 saturated heterocycles. The maximum absolute atomic E-state index is 10.6. The van der Waals surface area contributed by atoms with Crippen molar-refractivity contribution in [1.82, 2.24) is 4.72 Å². The molecule has 0 aromatic rings. The zero-order valence-electron chi connectivity index (χ0n) is 6.66. The number of nitrogens with zero attached hydrogens (tertiary/aromatic N) is 1. The van der Waals surface area contributed by atoms with E-state index in [0.29, 0.717) is 11.8 Å². The summed E-state index contributed by atoms with van der Waals surface area (Å²) in [7, 11) is 0. The second-order valence-electron chi connectivity index (χ2n) is 2.88. The summed E-state index contributed by atoms with van der Waals surface area (Å²) in [5.41, 5.74) is 0. The fourth-order valence-electron chi connectivity index (χ4n) is 0.734. The quantitative estimate of drug-likeness (QED) is 0.695. The van der Waals surface area contributed by atoms with E-state index in [1.165, 1.54) is 0 Å². The standard InChI is InChI=1S/C6H12N2O2S/c1-5(2)3-4-6-7-10-11(9)8-6/h5H,3-4H2,1-2H3,(H,7,8). The summed E-state index contributed by atoms with van der Waals surface area (Å²) in [5, 5.41) is 3.59. The molecule has 0 aromatic heterocycles. The molecule has 0 fully saturated rings. The summed E-state index contributed by atoms with van der Waals surface area (Å²) in [6.07, 6.45) is 1.84. The molecule has 0 radical (unpaired) electrons. The van der Waals surface area contributed by atoms with Crippen LogP contribution in [0.2, 0.25) is 0 Å². The van der Waals surface area contributed by atoms with Gasteiger partial charge in [0.25, 0.3) is 0 Å². The van der Waals surface area contributed by atoms with E-state index >= 15 is 0 Å². The molecule has 1 unspecified atom stereocenters. The maximum atomic E-state index is 10.6. The average Bonchev–Trinajstić information content (AvgIpc) is 2.31. The molecule has 1 aliphatic heterocycles. The molecule has 1 N–H and O–H groups in total. The molecule has 0 amide bonds. The fraction of sp³-hybridized carbons (Fsp3) is 0.833. The summed E-state index contributed by atoms with van der Waals surface area (Å²) in [6.45, 7) is 4.26. The molecule has 0 aliphatic carbocycles. The molecule has 1 rings (SSSR count). The summed E-state index contributed by atoms with van der Waals surface area (Å²) in [5.74, 6) is 1.32. The second kappa shape index (κ2) is 3.71. The largest absolute Gasteiger partial charge is 0.338 e. The van der Waals surface area contributed by atoms with Crippen molar-refractivity contribution in [2.24, 2.45) is 11.1 Å². The first-order valence-electron chi connectivity index (χ1n) is 3.61. The highest BCUT2D eigenvalue weighted by atomic mass is 32.2. The average molecular weight is 176 g/mol. The first-order chi connectivity index (χ1) is 5.18. The third-order valence-electron chi connectivity index (χ3n) is 1.37. The summed E-state index contributed by atoms with van der Waals surface area (Å²) in [4.78, 5) is 0. The Balaban J connectivity index is 2.23. The highest BCUT2D eigenvalue weighted by molar-refractivity contribution is 7.79. The molecule has 1 heterocycles. The van der Waals surface area contributed by atoms with Crippen LogP contribution in [0.25, 0.3) is 0 Å². The molecule has 0 spiro atoms. The van der Waals surface area contributed by atoms with E-state index in [1.807, 2.05) is 0 Å². The molecular formula is C6H12N2O2S. The van der Waals surface area contributed by atoms with Crippen LogP contribution in [0.3, 0.4) is 0 Å². The van der Waals surface area contributed by atoms with Gasteiger partial charge in [-0.3, -0.25) is 9.01 Å². The Kier molecular flexibility index (Phi) is 2.87. The lowest BCUT2D eigenvalue weighted by atomic mass is 10.1. The van der Waals surface area contributed by atoms with Gasteiger partial charge in [-0.25, -0.2) is 0 Å². The van der Waals surface area contributed by atoms with Gasteiger partial charge in [-0.05, 0) is 12.3 Å². The highest BCUT2D eigenvalue weighted by Gasteiger charge is 2.13. The third kappa shape index (κ3) is 2.88. The van der Waals surface area contributed by atoms with E-state index < -0.39 is 11.3 Å². The van der Waals surface area contributed by atoms with Crippen LogP contribution in [0, 0.1) is 5.92 Å². The Morgan fingerprint density at radius 1 is 1.73 bits per heavy atom. The van der Waals surface area contributed by atoms with Gasteiger partial charge in [-0.2, -0.15) is 4.21 Å². The third-order valence-corrected chi connectivity index (χ3v) is 1.99. The van der Waals surface area contributed by atoms with Crippen molar-refractivity contribution in [2.45, 2.75) is 26.7 Å². The van der Waals surface area contributed by atoms with Crippen molar-refractivity contribution in [3.63, 3.8) is 0 Å². The van der Waals surface area contributed by atoms with Crippen molar-refractivity contribution in [3.8, 4) is 0 Å². The monoisotopic (exact) mass is 176 g/mol. The van der Waals surface area contributed by atoms with Gasteiger partial charge in [0, 0.05) is 6.42 Å². The fourth-order valence-corrected chi connectivity index (χ4v) is 1.26. The predicted octanol–water partition coefficient (Wildman–Crippen LogP) is 0.935. The topological polar surface area (TPSA) is 50.7 Å². The van der Waals surface area contributed by atoms with Gasteiger partial charge >= 0.3 is 11.3 Å². The van der Waals surface area contributed by atoms with Crippen LogP contribution in [0.5, 0.6) is 0 Å². The zero-order valence-corrected chi connectivity index (χ0v) is 7.48. The van der Waals surface area contributed by atoms with Crippen LogP contribution in [0.15, 0.2) is 5.16 Å². The number of oxime groups is 1. The number of rotatable bonds is 3.